The molecule has 22 heavy (non-hydrogen) atoms. The van der Waals surface area contributed by atoms with Gasteiger partial charge >= 0.3 is 0 Å². The van der Waals surface area contributed by atoms with Gasteiger partial charge in [-0.3, -0.25) is 4.79 Å². The number of rotatable bonds is 4. The van der Waals surface area contributed by atoms with E-state index in [2.05, 4.69) is 19.4 Å². The first-order valence-corrected chi connectivity index (χ1v) is 7.59. The molecule has 1 aliphatic rings. The normalized spacial score (nSPS) is 13.2. The van der Waals surface area contributed by atoms with Crippen LogP contribution in [0.5, 0.6) is 11.5 Å². The molecule has 0 saturated heterocycles. The molecule has 0 spiro atoms. The van der Waals surface area contributed by atoms with Crippen LogP contribution in [0.25, 0.3) is 0 Å². The van der Waals surface area contributed by atoms with Crippen LogP contribution in [0.1, 0.15) is 17.0 Å². The summed E-state index contributed by atoms with van der Waals surface area (Å²) in [5, 5.41) is 3.05. The number of benzene rings is 2. The number of likely N-dealkylation sites (N-methyl/N-ethyl adjacent to an activating group) is 1. The summed E-state index contributed by atoms with van der Waals surface area (Å²) in [5.74, 6) is 1.25. The number of nitrogens with one attached hydrogen (secondary N) is 2. The first-order chi connectivity index (χ1) is 10.7. The Bertz CT molecular complexity index is 637. The highest BCUT2D eigenvalue weighted by atomic mass is 16.5. The van der Waals surface area contributed by atoms with E-state index < -0.39 is 0 Å². The van der Waals surface area contributed by atoms with E-state index in [9.17, 15) is 4.79 Å². The molecule has 0 fully saturated rings. The Morgan fingerprint density at radius 3 is 2.14 bits per heavy atom. The van der Waals surface area contributed by atoms with E-state index in [4.69, 9.17) is 4.74 Å². The zero-order chi connectivity index (χ0) is 15.5. The number of para-hydroxylation sites is 2. The molecule has 0 aromatic heterocycles. The van der Waals surface area contributed by atoms with Crippen molar-refractivity contribution in [2.24, 2.45) is 0 Å². The topological polar surface area (TPSA) is 42.8 Å². The molecule has 0 saturated carbocycles. The monoisotopic (exact) mass is 297 g/mol. The van der Waals surface area contributed by atoms with E-state index in [1.165, 1.54) is 4.90 Å². The highest BCUT2D eigenvalue weighted by molar-refractivity contribution is 5.89. The fourth-order valence-corrected chi connectivity index (χ4v) is 2.73. The van der Waals surface area contributed by atoms with Crippen molar-refractivity contribution < 1.29 is 14.4 Å². The molecule has 0 aliphatic carbocycles. The number of carbonyl (C=O) groups excluding carboxylic acids is 1. The molecule has 4 heteroatoms. The second-order valence-corrected chi connectivity index (χ2v) is 5.86. The molecule has 0 radical (unpaired) electrons. The molecule has 0 unspecified atom stereocenters. The minimum absolute atomic E-state index is 0.0319. The average Bonchev–Trinajstić information content (AvgIpc) is 2.52. The van der Waals surface area contributed by atoms with Gasteiger partial charge in [0.2, 0.25) is 5.91 Å². The van der Waals surface area contributed by atoms with E-state index in [1.807, 2.05) is 48.5 Å². The largest absolute Gasteiger partial charge is 0.457 e. The smallest absolute Gasteiger partial charge is 0.232 e. The molecule has 0 bridgehead atoms. The third-order valence-electron chi connectivity index (χ3n) is 3.87. The Morgan fingerprint density at radius 2 is 1.59 bits per heavy atom. The van der Waals surface area contributed by atoms with Crippen LogP contribution in [-0.2, 0) is 4.79 Å². The van der Waals surface area contributed by atoms with Crippen molar-refractivity contribution in [2.45, 2.75) is 5.92 Å². The second kappa shape index (κ2) is 6.20. The van der Waals surface area contributed by atoms with Crippen molar-refractivity contribution in [2.75, 3.05) is 27.2 Å². The molecular formula is C18H21N2O2+. The SMILES string of the molecule is C[NH+](C)CCNC(=O)C1c2ccccc2Oc2ccccc21. The molecule has 2 aromatic carbocycles. The van der Waals surface area contributed by atoms with E-state index in [0.717, 1.165) is 29.2 Å². The molecule has 1 amide bonds. The van der Waals surface area contributed by atoms with Gasteiger partial charge in [-0.1, -0.05) is 36.4 Å². The highest BCUT2D eigenvalue weighted by Crippen LogP contribution is 2.43. The lowest BCUT2D eigenvalue weighted by Crippen LogP contribution is -3.06. The van der Waals surface area contributed by atoms with Crippen LogP contribution < -0.4 is 15.0 Å². The molecule has 1 aliphatic heterocycles. The van der Waals surface area contributed by atoms with E-state index in [1.54, 1.807) is 0 Å². The average molecular weight is 297 g/mol. The number of fused-ring (bicyclic) bond motifs is 2. The maximum atomic E-state index is 12.7. The molecular weight excluding hydrogens is 276 g/mol. The van der Waals surface area contributed by atoms with Gasteiger partial charge in [-0.25, -0.2) is 0 Å². The molecule has 3 rings (SSSR count). The number of amides is 1. The number of ether oxygens (including phenoxy) is 1. The van der Waals surface area contributed by atoms with Crippen LogP contribution in [0.15, 0.2) is 48.5 Å². The van der Waals surface area contributed by atoms with Crippen molar-refractivity contribution in [1.82, 2.24) is 5.32 Å². The molecule has 2 N–H and O–H groups in total. The van der Waals surface area contributed by atoms with Gasteiger partial charge in [-0.15, -0.1) is 0 Å². The summed E-state index contributed by atoms with van der Waals surface area (Å²) < 4.78 is 5.92. The second-order valence-electron chi connectivity index (χ2n) is 5.86. The lowest BCUT2D eigenvalue weighted by Gasteiger charge is -2.27. The Labute approximate surface area is 130 Å². The van der Waals surface area contributed by atoms with E-state index in [-0.39, 0.29) is 11.8 Å². The van der Waals surface area contributed by atoms with Crippen LogP contribution in [0.2, 0.25) is 0 Å². The fraction of sp³-hybridized carbons (Fsp3) is 0.278. The summed E-state index contributed by atoms with van der Waals surface area (Å²) in [6.07, 6.45) is 0. The van der Waals surface area contributed by atoms with Crippen molar-refractivity contribution in [3.8, 4) is 11.5 Å². The van der Waals surface area contributed by atoms with Gasteiger partial charge in [-0.05, 0) is 12.1 Å². The minimum atomic E-state index is -0.307. The van der Waals surface area contributed by atoms with Crippen molar-refractivity contribution >= 4 is 5.91 Å². The number of quaternary nitrogens is 1. The number of hydrogen-bond donors (Lipinski definition) is 2. The third kappa shape index (κ3) is 2.83. The van der Waals surface area contributed by atoms with Gasteiger partial charge in [0.15, 0.2) is 0 Å². The predicted molar refractivity (Wildman–Crippen MR) is 85.5 cm³/mol. The zero-order valence-corrected chi connectivity index (χ0v) is 12.9. The molecule has 1 heterocycles. The number of hydrogen-bond acceptors (Lipinski definition) is 2. The molecule has 4 nitrogen and oxygen atoms in total. The Morgan fingerprint density at radius 1 is 1.05 bits per heavy atom. The van der Waals surface area contributed by atoms with Crippen molar-refractivity contribution in [3.63, 3.8) is 0 Å². The lowest BCUT2D eigenvalue weighted by atomic mass is 9.87. The molecule has 2 aromatic rings. The summed E-state index contributed by atoms with van der Waals surface area (Å²) >= 11 is 0. The zero-order valence-electron chi connectivity index (χ0n) is 12.9. The Balaban J connectivity index is 1.91. The molecule has 114 valence electrons. The maximum Gasteiger partial charge on any atom is 0.232 e. The lowest BCUT2D eigenvalue weighted by molar-refractivity contribution is -0.856. The first-order valence-electron chi connectivity index (χ1n) is 7.59. The van der Waals surface area contributed by atoms with Gasteiger partial charge in [-0.2, -0.15) is 0 Å². The van der Waals surface area contributed by atoms with Crippen LogP contribution in [-0.4, -0.2) is 33.1 Å². The Kier molecular flexibility index (Phi) is 4.11. The van der Waals surface area contributed by atoms with Gasteiger partial charge in [0.25, 0.3) is 0 Å². The van der Waals surface area contributed by atoms with E-state index in [0.29, 0.717) is 6.54 Å². The van der Waals surface area contributed by atoms with Crippen LogP contribution >= 0.6 is 0 Å². The van der Waals surface area contributed by atoms with Crippen molar-refractivity contribution in [1.29, 1.82) is 0 Å². The van der Waals surface area contributed by atoms with Crippen LogP contribution in [0.4, 0.5) is 0 Å². The Hall–Kier alpha value is -2.33. The van der Waals surface area contributed by atoms with Gasteiger partial charge < -0.3 is 15.0 Å². The van der Waals surface area contributed by atoms with Crippen LogP contribution in [0.3, 0.4) is 0 Å². The van der Waals surface area contributed by atoms with E-state index >= 15 is 0 Å². The minimum Gasteiger partial charge on any atom is -0.457 e. The summed E-state index contributed by atoms with van der Waals surface area (Å²) in [5.41, 5.74) is 1.85. The predicted octanol–water partition coefficient (Wildman–Crippen LogP) is 1.18. The van der Waals surface area contributed by atoms with Gasteiger partial charge in [0.1, 0.15) is 11.5 Å². The summed E-state index contributed by atoms with van der Waals surface area (Å²) in [4.78, 5) is 14.0. The van der Waals surface area contributed by atoms with Gasteiger partial charge in [0, 0.05) is 11.1 Å². The molecule has 0 atom stereocenters. The summed E-state index contributed by atoms with van der Waals surface area (Å²) in [6, 6.07) is 15.5. The number of carbonyl (C=O) groups is 1. The van der Waals surface area contributed by atoms with Crippen LogP contribution in [0, 0.1) is 0 Å². The third-order valence-corrected chi connectivity index (χ3v) is 3.87. The quantitative estimate of drug-likeness (QED) is 0.890. The standard InChI is InChI=1S/C18H20N2O2/c1-20(2)12-11-19-18(21)17-13-7-3-5-9-15(13)22-16-10-6-4-8-14(16)17/h3-10,17H,11-12H2,1-2H3,(H,19,21)/p+1. The summed E-state index contributed by atoms with van der Waals surface area (Å²) in [7, 11) is 4.15. The summed E-state index contributed by atoms with van der Waals surface area (Å²) in [6.45, 7) is 1.57. The van der Waals surface area contributed by atoms with Gasteiger partial charge in [0.05, 0.1) is 33.1 Å². The van der Waals surface area contributed by atoms with Crippen molar-refractivity contribution in [3.05, 3.63) is 59.7 Å². The highest BCUT2D eigenvalue weighted by Gasteiger charge is 2.32. The fourth-order valence-electron chi connectivity index (χ4n) is 2.73. The first kappa shape index (κ1) is 14.6. The maximum absolute atomic E-state index is 12.7.